The fourth-order valence-corrected chi connectivity index (χ4v) is 2.25. The van der Waals surface area contributed by atoms with Crippen molar-refractivity contribution in [2.75, 3.05) is 5.73 Å². The molecule has 6 heteroatoms. The van der Waals surface area contributed by atoms with Crippen molar-refractivity contribution >= 4 is 17.5 Å². The Kier molecular flexibility index (Phi) is 3.04. The number of halogens is 1. The lowest BCUT2D eigenvalue weighted by molar-refractivity contribution is 0.439. The maximum Gasteiger partial charge on any atom is 0.248 e. The first-order chi connectivity index (χ1) is 9.66. The fourth-order valence-electron chi connectivity index (χ4n) is 2.02. The number of rotatable bonds is 2. The molecular weight excluding hydrogens is 278 g/mol. The first kappa shape index (κ1) is 12.5. The molecule has 100 valence electrons. The third-order valence-corrected chi connectivity index (χ3v) is 3.24. The molecule has 0 saturated carbocycles. The van der Waals surface area contributed by atoms with Crippen molar-refractivity contribution in [3.63, 3.8) is 0 Å². The van der Waals surface area contributed by atoms with Gasteiger partial charge in [0.15, 0.2) is 0 Å². The van der Waals surface area contributed by atoms with Gasteiger partial charge in [0.2, 0.25) is 11.4 Å². The van der Waals surface area contributed by atoms with Crippen LogP contribution < -0.4 is 11.3 Å². The topological polar surface area (TPSA) is 84.9 Å². The van der Waals surface area contributed by atoms with Gasteiger partial charge in [-0.05, 0) is 12.1 Å². The Bertz CT molecular complexity index is 823. The lowest BCUT2D eigenvalue weighted by Gasteiger charge is -2.04. The van der Waals surface area contributed by atoms with Crippen molar-refractivity contribution in [3.8, 4) is 22.4 Å². The summed E-state index contributed by atoms with van der Waals surface area (Å²) in [5.74, 6) is 0.161. The molecule has 3 rings (SSSR count). The van der Waals surface area contributed by atoms with E-state index in [1.165, 1.54) is 6.07 Å². The number of H-pyrrole nitrogens is 1. The largest absolute Gasteiger partial charge is 0.367 e. The zero-order valence-electron chi connectivity index (χ0n) is 10.3. The van der Waals surface area contributed by atoms with Crippen LogP contribution in [0.2, 0.25) is 5.02 Å². The van der Waals surface area contributed by atoms with Gasteiger partial charge >= 0.3 is 0 Å². The van der Waals surface area contributed by atoms with E-state index in [-0.39, 0.29) is 11.4 Å². The monoisotopic (exact) mass is 287 g/mol. The second kappa shape index (κ2) is 4.86. The summed E-state index contributed by atoms with van der Waals surface area (Å²) in [6.07, 6.45) is 1.54. The second-order valence-electron chi connectivity index (χ2n) is 4.19. The van der Waals surface area contributed by atoms with E-state index in [4.69, 9.17) is 21.9 Å². The summed E-state index contributed by atoms with van der Waals surface area (Å²) in [7, 11) is 0. The Balaban J connectivity index is 2.26. The van der Waals surface area contributed by atoms with Gasteiger partial charge in [0.25, 0.3) is 0 Å². The quantitative estimate of drug-likeness (QED) is 0.759. The molecule has 0 saturated heterocycles. The second-order valence-corrected chi connectivity index (χ2v) is 4.60. The van der Waals surface area contributed by atoms with Gasteiger partial charge in [-0.25, -0.2) is 0 Å². The van der Waals surface area contributed by atoms with Crippen LogP contribution in [-0.4, -0.2) is 10.1 Å². The highest BCUT2D eigenvalue weighted by Crippen LogP contribution is 2.38. The number of anilines is 1. The van der Waals surface area contributed by atoms with Gasteiger partial charge in [0, 0.05) is 28.4 Å². The summed E-state index contributed by atoms with van der Waals surface area (Å²) in [6, 6.07) is 10.4. The van der Waals surface area contributed by atoms with E-state index in [0.29, 0.717) is 27.4 Å². The molecule has 0 bridgehead atoms. The Labute approximate surface area is 119 Å². The van der Waals surface area contributed by atoms with Crippen LogP contribution in [-0.2, 0) is 0 Å². The average molecular weight is 288 g/mol. The van der Waals surface area contributed by atoms with Crippen LogP contribution in [0.1, 0.15) is 0 Å². The van der Waals surface area contributed by atoms with Crippen molar-refractivity contribution in [3.05, 3.63) is 58.0 Å². The van der Waals surface area contributed by atoms with E-state index < -0.39 is 0 Å². The van der Waals surface area contributed by atoms with Crippen LogP contribution in [0, 0.1) is 0 Å². The predicted octanol–water partition coefficient (Wildman–Crippen LogP) is 2.93. The zero-order valence-corrected chi connectivity index (χ0v) is 11.0. The number of aromatic amines is 1. The van der Waals surface area contributed by atoms with Crippen LogP contribution in [0.15, 0.2) is 51.9 Å². The molecule has 2 aromatic heterocycles. The number of hydrogen-bond acceptors (Lipinski definition) is 4. The number of pyridine rings is 1. The van der Waals surface area contributed by atoms with E-state index in [0.717, 1.165) is 0 Å². The maximum atomic E-state index is 11.4. The molecule has 0 fully saturated rings. The molecule has 0 atom stereocenters. The highest BCUT2D eigenvalue weighted by atomic mass is 35.5. The minimum atomic E-state index is -0.228. The molecule has 3 N–H and O–H groups in total. The smallest absolute Gasteiger partial charge is 0.248 e. The average Bonchev–Trinajstić information content (AvgIpc) is 2.81. The highest BCUT2D eigenvalue weighted by molar-refractivity contribution is 6.33. The molecule has 0 unspecified atom stereocenters. The van der Waals surface area contributed by atoms with Gasteiger partial charge < -0.3 is 15.2 Å². The molecule has 0 aliphatic heterocycles. The number of nitrogens with zero attached hydrogens (tertiary/aromatic N) is 1. The summed E-state index contributed by atoms with van der Waals surface area (Å²) >= 11 is 6.19. The van der Waals surface area contributed by atoms with Crippen LogP contribution in [0.25, 0.3) is 22.4 Å². The van der Waals surface area contributed by atoms with Gasteiger partial charge in [-0.3, -0.25) is 4.79 Å². The number of hydrogen-bond donors (Lipinski definition) is 2. The van der Waals surface area contributed by atoms with E-state index in [1.807, 2.05) is 18.2 Å². The normalized spacial score (nSPS) is 10.7. The molecule has 0 amide bonds. The van der Waals surface area contributed by atoms with E-state index in [2.05, 4.69) is 10.1 Å². The summed E-state index contributed by atoms with van der Waals surface area (Å²) in [5.41, 5.74) is 8.01. The van der Waals surface area contributed by atoms with Crippen LogP contribution in [0.5, 0.6) is 0 Å². The van der Waals surface area contributed by atoms with Crippen LogP contribution >= 0.6 is 11.6 Å². The summed E-state index contributed by atoms with van der Waals surface area (Å²) in [6.45, 7) is 0. The Morgan fingerprint density at radius 3 is 2.80 bits per heavy atom. The predicted molar refractivity (Wildman–Crippen MR) is 77.4 cm³/mol. The number of nitrogen functional groups attached to an aromatic ring is 1. The third-order valence-electron chi connectivity index (χ3n) is 2.91. The molecule has 0 radical (unpaired) electrons. The van der Waals surface area contributed by atoms with Gasteiger partial charge in [0.1, 0.15) is 5.69 Å². The minimum Gasteiger partial charge on any atom is -0.367 e. The van der Waals surface area contributed by atoms with Gasteiger partial charge in [-0.1, -0.05) is 35.0 Å². The Morgan fingerprint density at radius 1 is 1.25 bits per heavy atom. The maximum absolute atomic E-state index is 11.4. The molecule has 0 aliphatic rings. The van der Waals surface area contributed by atoms with E-state index in [1.54, 1.807) is 18.3 Å². The summed E-state index contributed by atoms with van der Waals surface area (Å²) in [4.78, 5) is 14.0. The number of nitrogens with one attached hydrogen (secondary N) is 1. The summed E-state index contributed by atoms with van der Waals surface area (Å²) < 4.78 is 5.06. The lowest BCUT2D eigenvalue weighted by Crippen LogP contribution is -2.02. The van der Waals surface area contributed by atoms with E-state index >= 15 is 0 Å². The van der Waals surface area contributed by atoms with Crippen molar-refractivity contribution in [1.82, 2.24) is 10.1 Å². The first-order valence-corrected chi connectivity index (χ1v) is 6.24. The highest BCUT2D eigenvalue weighted by Gasteiger charge is 2.19. The molecule has 3 aromatic rings. The SMILES string of the molecule is Nc1onc(-c2cc[nH]c(=O)c2)c1-c1ccccc1Cl. The third kappa shape index (κ3) is 2.08. The van der Waals surface area contributed by atoms with Gasteiger partial charge in [-0.15, -0.1) is 0 Å². The summed E-state index contributed by atoms with van der Waals surface area (Å²) in [5, 5.41) is 4.47. The molecule has 0 spiro atoms. The Morgan fingerprint density at radius 2 is 2.05 bits per heavy atom. The molecule has 0 aliphatic carbocycles. The number of nitrogens with two attached hydrogens (primary N) is 1. The standard InChI is InChI=1S/C14H10ClN3O2/c15-10-4-2-1-3-9(10)12-13(18-20-14(12)16)8-5-6-17-11(19)7-8/h1-7H,16H2,(H,17,19). The molecule has 5 nitrogen and oxygen atoms in total. The molecular formula is C14H10ClN3O2. The molecule has 2 heterocycles. The van der Waals surface area contributed by atoms with Crippen molar-refractivity contribution in [2.45, 2.75) is 0 Å². The van der Waals surface area contributed by atoms with Crippen LogP contribution in [0.4, 0.5) is 5.88 Å². The number of benzene rings is 1. The number of aromatic nitrogens is 2. The lowest BCUT2D eigenvalue weighted by atomic mass is 10.0. The first-order valence-electron chi connectivity index (χ1n) is 5.86. The van der Waals surface area contributed by atoms with Gasteiger partial charge in [0.05, 0.1) is 5.56 Å². The zero-order chi connectivity index (χ0) is 14.1. The van der Waals surface area contributed by atoms with Crippen LogP contribution in [0.3, 0.4) is 0 Å². The molecule has 1 aromatic carbocycles. The minimum absolute atomic E-state index is 0.161. The fraction of sp³-hybridized carbons (Fsp3) is 0. The van der Waals surface area contributed by atoms with Crippen molar-refractivity contribution in [2.24, 2.45) is 0 Å². The van der Waals surface area contributed by atoms with Crippen molar-refractivity contribution in [1.29, 1.82) is 0 Å². The van der Waals surface area contributed by atoms with E-state index in [9.17, 15) is 4.79 Å². The molecule has 20 heavy (non-hydrogen) atoms. The van der Waals surface area contributed by atoms with Crippen molar-refractivity contribution < 1.29 is 4.52 Å². The van der Waals surface area contributed by atoms with Gasteiger partial charge in [-0.2, -0.15) is 0 Å². The Hall–Kier alpha value is -2.53.